The van der Waals surface area contributed by atoms with Crippen LogP contribution >= 0.6 is 11.3 Å². The fraction of sp³-hybridized carbons (Fsp3) is 0.292. The Kier molecular flexibility index (Phi) is 6.97. The van der Waals surface area contributed by atoms with Gasteiger partial charge >= 0.3 is 0 Å². The molecule has 2 aromatic carbocycles. The van der Waals surface area contributed by atoms with Crippen LogP contribution in [0.2, 0.25) is 0 Å². The number of fused-ring (bicyclic) bond motifs is 1. The minimum absolute atomic E-state index is 0.262. The van der Waals surface area contributed by atoms with Crippen LogP contribution in [0.25, 0.3) is 11.0 Å². The van der Waals surface area contributed by atoms with Crippen molar-refractivity contribution in [1.82, 2.24) is 14.6 Å². The minimum Gasteiger partial charge on any atom is -0.493 e. The fourth-order valence-corrected chi connectivity index (χ4v) is 4.63. The zero-order valence-corrected chi connectivity index (χ0v) is 21.0. The van der Waals surface area contributed by atoms with E-state index < -0.39 is 0 Å². The Morgan fingerprint density at radius 2 is 1.31 bits per heavy atom. The van der Waals surface area contributed by atoms with E-state index in [1.807, 2.05) is 12.1 Å². The van der Waals surface area contributed by atoms with Crippen LogP contribution < -0.4 is 38.5 Å². The van der Waals surface area contributed by atoms with E-state index in [0.29, 0.717) is 56.2 Å². The van der Waals surface area contributed by atoms with Crippen molar-refractivity contribution in [3.05, 3.63) is 56.1 Å². The summed E-state index contributed by atoms with van der Waals surface area (Å²) >= 11 is 1.25. The van der Waals surface area contributed by atoms with Crippen LogP contribution in [0.5, 0.6) is 34.5 Å². The second-order valence-corrected chi connectivity index (χ2v) is 8.32. The Labute approximate surface area is 205 Å². The number of thiazole rings is 1. The first kappa shape index (κ1) is 24.1. The number of methoxy groups -OCH3 is 6. The maximum absolute atomic E-state index is 13.0. The average Bonchev–Trinajstić information content (AvgIpc) is 3.40. The Bertz CT molecular complexity index is 1430. The smallest absolute Gasteiger partial charge is 0.291 e. The zero-order chi connectivity index (χ0) is 25.1. The highest BCUT2D eigenvalue weighted by Crippen LogP contribution is 2.39. The monoisotopic (exact) mass is 499 g/mol. The molecule has 0 aliphatic heterocycles. The first-order valence-corrected chi connectivity index (χ1v) is 11.3. The molecule has 2 aromatic heterocycles. The summed E-state index contributed by atoms with van der Waals surface area (Å²) < 4.78 is 34.1. The summed E-state index contributed by atoms with van der Waals surface area (Å²) in [5.74, 6) is 3.56. The summed E-state index contributed by atoms with van der Waals surface area (Å²) in [6.07, 6.45) is 2.13. The third-order valence-corrected chi connectivity index (χ3v) is 6.26. The van der Waals surface area contributed by atoms with Crippen molar-refractivity contribution in [2.45, 2.75) is 6.42 Å². The first-order chi connectivity index (χ1) is 17.0. The van der Waals surface area contributed by atoms with Crippen LogP contribution in [-0.4, -0.2) is 57.3 Å². The number of benzene rings is 2. The van der Waals surface area contributed by atoms with Gasteiger partial charge in [0.2, 0.25) is 16.5 Å². The lowest BCUT2D eigenvalue weighted by Crippen LogP contribution is -2.23. The van der Waals surface area contributed by atoms with Gasteiger partial charge in [-0.2, -0.15) is 4.52 Å². The molecular weight excluding hydrogens is 474 g/mol. The molecule has 0 fully saturated rings. The van der Waals surface area contributed by atoms with E-state index in [-0.39, 0.29) is 5.56 Å². The van der Waals surface area contributed by atoms with Gasteiger partial charge in [0.25, 0.3) is 5.56 Å². The Balaban J connectivity index is 1.70. The molecule has 0 saturated carbocycles. The van der Waals surface area contributed by atoms with Gasteiger partial charge in [-0.05, 0) is 41.5 Å². The summed E-state index contributed by atoms with van der Waals surface area (Å²) in [5.41, 5.74) is 1.32. The summed E-state index contributed by atoms with van der Waals surface area (Å²) in [6.45, 7) is 0. The maximum atomic E-state index is 13.0. The maximum Gasteiger partial charge on any atom is 0.291 e. The van der Waals surface area contributed by atoms with Crippen LogP contribution in [0.15, 0.2) is 29.1 Å². The lowest BCUT2D eigenvalue weighted by atomic mass is 10.1. The molecule has 10 nitrogen and oxygen atoms in total. The predicted molar refractivity (Wildman–Crippen MR) is 131 cm³/mol. The number of hydrogen-bond acceptors (Lipinski definition) is 10. The van der Waals surface area contributed by atoms with Crippen LogP contribution in [0.1, 0.15) is 17.0 Å². The topological polar surface area (TPSA) is 103 Å². The predicted octanol–water partition coefficient (Wildman–Crippen LogP) is 2.34. The molecule has 0 amide bonds. The van der Waals surface area contributed by atoms with Crippen molar-refractivity contribution >= 4 is 22.4 Å². The quantitative estimate of drug-likeness (QED) is 0.343. The molecule has 0 unspecified atom stereocenters. The lowest BCUT2D eigenvalue weighted by Gasteiger charge is -2.13. The van der Waals surface area contributed by atoms with E-state index in [1.165, 1.54) is 23.0 Å². The van der Waals surface area contributed by atoms with Crippen molar-refractivity contribution < 1.29 is 28.4 Å². The second kappa shape index (κ2) is 10.1. The van der Waals surface area contributed by atoms with Crippen molar-refractivity contribution in [3.8, 4) is 34.5 Å². The third kappa shape index (κ3) is 4.54. The van der Waals surface area contributed by atoms with Gasteiger partial charge in [0.05, 0.1) is 47.2 Å². The molecule has 2 heterocycles. The third-order valence-electron chi connectivity index (χ3n) is 5.30. The van der Waals surface area contributed by atoms with E-state index in [9.17, 15) is 4.79 Å². The number of hydrogen-bond donors (Lipinski definition) is 0. The average molecular weight is 500 g/mol. The van der Waals surface area contributed by atoms with Crippen molar-refractivity contribution in [2.24, 2.45) is 0 Å². The molecular formula is C24H25N3O7S. The molecule has 0 aliphatic rings. The van der Waals surface area contributed by atoms with E-state index in [1.54, 1.807) is 53.8 Å². The molecule has 0 spiro atoms. The summed E-state index contributed by atoms with van der Waals surface area (Å²) in [4.78, 5) is 18.1. The molecule has 4 aromatic rings. The molecule has 184 valence electrons. The van der Waals surface area contributed by atoms with E-state index in [4.69, 9.17) is 28.4 Å². The summed E-state index contributed by atoms with van der Waals surface area (Å²) in [7, 11) is 9.28. The molecule has 0 N–H and O–H groups in total. The number of aromatic nitrogens is 3. The first-order valence-electron chi connectivity index (χ1n) is 10.4. The van der Waals surface area contributed by atoms with Crippen LogP contribution in [0.4, 0.5) is 0 Å². The van der Waals surface area contributed by atoms with E-state index >= 15 is 0 Å². The molecule has 4 rings (SSSR count). The van der Waals surface area contributed by atoms with Crippen molar-refractivity contribution in [2.75, 3.05) is 42.7 Å². The zero-order valence-electron chi connectivity index (χ0n) is 20.2. The molecule has 0 saturated heterocycles. The molecule has 0 bridgehead atoms. The molecule has 35 heavy (non-hydrogen) atoms. The van der Waals surface area contributed by atoms with Gasteiger partial charge in [-0.1, -0.05) is 11.3 Å². The Morgan fingerprint density at radius 3 is 1.77 bits per heavy atom. The second-order valence-electron chi connectivity index (χ2n) is 7.31. The molecule has 0 aliphatic carbocycles. The molecule has 0 atom stereocenters. The number of ether oxygens (including phenoxy) is 6. The highest BCUT2D eigenvalue weighted by atomic mass is 32.1. The van der Waals surface area contributed by atoms with Crippen molar-refractivity contribution in [1.29, 1.82) is 0 Å². The summed E-state index contributed by atoms with van der Waals surface area (Å²) in [6, 6.07) is 7.20. The molecule has 0 radical (unpaired) electrons. The highest BCUT2D eigenvalue weighted by Gasteiger charge is 2.17. The van der Waals surface area contributed by atoms with Crippen LogP contribution in [0, 0.1) is 0 Å². The van der Waals surface area contributed by atoms with E-state index in [0.717, 1.165) is 11.1 Å². The Hall–Kier alpha value is -3.99. The normalized spacial score (nSPS) is 11.5. The number of nitrogens with zero attached hydrogens (tertiary/aromatic N) is 3. The van der Waals surface area contributed by atoms with Gasteiger partial charge in [0.1, 0.15) is 0 Å². The van der Waals surface area contributed by atoms with Crippen molar-refractivity contribution in [3.63, 3.8) is 0 Å². The van der Waals surface area contributed by atoms with Gasteiger partial charge < -0.3 is 28.4 Å². The highest BCUT2D eigenvalue weighted by molar-refractivity contribution is 7.15. The Morgan fingerprint density at radius 1 is 0.800 bits per heavy atom. The largest absolute Gasteiger partial charge is 0.493 e. The van der Waals surface area contributed by atoms with Gasteiger partial charge in [0, 0.05) is 6.42 Å². The van der Waals surface area contributed by atoms with Gasteiger partial charge in [-0.3, -0.25) is 4.79 Å². The minimum atomic E-state index is -0.262. The number of rotatable bonds is 9. The SMILES string of the molecule is COc1cc(/C=c2\sc3nc(Cc4cc(OC)c(OC)c(OC)c4)nn3c2=O)cc(OC)c1OC. The van der Waals surface area contributed by atoms with E-state index in [2.05, 4.69) is 10.1 Å². The standard InChI is InChI=1S/C24H25N3O7S/c1-29-15-7-13(8-16(30-2)21(15)33-5)11-19-23(28)27-24(35-19)25-20(26-27)12-14-9-17(31-3)22(34-6)18(10-14)32-4/h7-11H,12H2,1-6H3/b19-11-. The van der Waals surface area contributed by atoms with Gasteiger partial charge in [0.15, 0.2) is 28.8 Å². The van der Waals surface area contributed by atoms with Crippen LogP contribution in [0.3, 0.4) is 0 Å². The summed E-state index contributed by atoms with van der Waals surface area (Å²) in [5, 5.41) is 4.42. The van der Waals surface area contributed by atoms with Gasteiger partial charge in [-0.15, -0.1) is 5.10 Å². The fourth-order valence-electron chi connectivity index (χ4n) is 3.71. The lowest BCUT2D eigenvalue weighted by molar-refractivity contribution is 0.324. The van der Waals surface area contributed by atoms with Crippen LogP contribution in [-0.2, 0) is 6.42 Å². The molecule has 11 heteroatoms. The van der Waals surface area contributed by atoms with Gasteiger partial charge in [-0.25, -0.2) is 4.98 Å².